The summed E-state index contributed by atoms with van der Waals surface area (Å²) in [6.45, 7) is 8.08. The maximum absolute atomic E-state index is 12.7. The zero-order chi connectivity index (χ0) is 19.2. The molecule has 2 aliphatic rings. The monoisotopic (exact) mass is 376 g/mol. The second-order valence-corrected chi connectivity index (χ2v) is 7.58. The molecule has 0 aromatic heterocycles. The predicted molar refractivity (Wildman–Crippen MR) is 103 cm³/mol. The fourth-order valence-corrected chi connectivity index (χ4v) is 4.00. The second-order valence-electron chi connectivity index (χ2n) is 7.58. The van der Waals surface area contributed by atoms with Gasteiger partial charge in [-0.3, -0.25) is 9.59 Å². The summed E-state index contributed by atoms with van der Waals surface area (Å²) in [5.74, 6) is 0.960. The molecule has 7 nitrogen and oxygen atoms in total. The maximum atomic E-state index is 12.7. The summed E-state index contributed by atoms with van der Waals surface area (Å²) < 4.78 is 5.30. The lowest BCUT2D eigenvalue weighted by molar-refractivity contribution is -1.01. The Balaban J connectivity index is 1.46. The Morgan fingerprint density at radius 2 is 1.81 bits per heavy atom. The molecule has 2 fully saturated rings. The topological polar surface area (TPSA) is 67.5 Å². The third-order valence-corrected chi connectivity index (χ3v) is 5.83. The van der Waals surface area contributed by atoms with Crippen LogP contribution in [0, 0.1) is 0 Å². The van der Waals surface area contributed by atoms with Gasteiger partial charge in [-0.05, 0) is 31.9 Å². The highest BCUT2D eigenvalue weighted by Gasteiger charge is 2.33. The van der Waals surface area contributed by atoms with Crippen LogP contribution in [0.3, 0.4) is 0 Å². The van der Waals surface area contributed by atoms with Crippen molar-refractivity contribution < 1.29 is 24.1 Å². The number of hydrogen-bond donors (Lipinski definition) is 3. The molecular weight excluding hydrogens is 344 g/mol. The minimum Gasteiger partial charge on any atom is -0.495 e. The quantitative estimate of drug-likeness (QED) is 0.562. The number of ether oxygens (including phenoxy) is 1. The molecule has 2 heterocycles. The van der Waals surface area contributed by atoms with Crippen molar-refractivity contribution in [2.24, 2.45) is 0 Å². The van der Waals surface area contributed by atoms with Crippen molar-refractivity contribution in [3.8, 4) is 5.75 Å². The van der Waals surface area contributed by atoms with Crippen molar-refractivity contribution in [2.75, 3.05) is 58.2 Å². The zero-order valence-electron chi connectivity index (χ0n) is 16.4. The molecular formula is C20H32N4O3+2. The van der Waals surface area contributed by atoms with Crippen molar-refractivity contribution in [1.29, 1.82) is 0 Å². The van der Waals surface area contributed by atoms with Crippen molar-refractivity contribution >= 4 is 17.5 Å². The number of nitrogens with one attached hydrogen (secondary N) is 3. The molecule has 1 atom stereocenters. The van der Waals surface area contributed by atoms with Gasteiger partial charge in [-0.15, -0.1) is 0 Å². The van der Waals surface area contributed by atoms with Gasteiger partial charge in [-0.1, -0.05) is 12.1 Å². The first-order valence-corrected chi connectivity index (χ1v) is 9.98. The smallest absolute Gasteiger partial charge is 0.282 e. The van der Waals surface area contributed by atoms with Crippen LogP contribution >= 0.6 is 0 Å². The molecule has 1 aromatic carbocycles. The first-order valence-electron chi connectivity index (χ1n) is 9.98. The summed E-state index contributed by atoms with van der Waals surface area (Å²) >= 11 is 0. The minimum absolute atomic E-state index is 0.00564. The van der Waals surface area contributed by atoms with E-state index in [4.69, 9.17) is 4.74 Å². The molecule has 7 heteroatoms. The van der Waals surface area contributed by atoms with Gasteiger partial charge in [0.05, 0.1) is 12.8 Å². The molecule has 148 valence electrons. The van der Waals surface area contributed by atoms with E-state index >= 15 is 0 Å². The third-order valence-electron chi connectivity index (χ3n) is 5.83. The summed E-state index contributed by atoms with van der Waals surface area (Å²) in [7, 11) is 1.60. The highest BCUT2D eigenvalue weighted by Crippen LogP contribution is 2.22. The fourth-order valence-electron chi connectivity index (χ4n) is 4.00. The number of anilines is 1. The second kappa shape index (κ2) is 9.19. The molecule has 0 aliphatic carbocycles. The number of quaternary nitrogens is 2. The number of amides is 2. The van der Waals surface area contributed by atoms with Crippen LogP contribution in [0.1, 0.15) is 19.8 Å². The Bertz CT molecular complexity index is 652. The van der Waals surface area contributed by atoms with Crippen LogP contribution in [0.15, 0.2) is 24.3 Å². The number of carbonyl (C=O) groups is 2. The van der Waals surface area contributed by atoms with Gasteiger partial charge in [0.2, 0.25) is 0 Å². The first kappa shape index (κ1) is 19.6. The van der Waals surface area contributed by atoms with E-state index in [9.17, 15) is 9.59 Å². The first-order chi connectivity index (χ1) is 13.1. The standard InChI is InChI=1S/C20H30N4O3/c1-16(20(26)21-17-7-3-4-8-18(17)27-2)23-13-11-22(12-14-23)15-19(25)24-9-5-6-10-24/h3-4,7-8,16H,5-6,9-15H2,1-2H3,(H,21,26)/p+2/t16-/m1/s1. The Morgan fingerprint density at radius 3 is 2.48 bits per heavy atom. The highest BCUT2D eigenvalue weighted by molar-refractivity contribution is 5.94. The van der Waals surface area contributed by atoms with Gasteiger partial charge in [0.1, 0.15) is 31.9 Å². The Morgan fingerprint density at radius 1 is 1.15 bits per heavy atom. The van der Waals surface area contributed by atoms with Crippen LogP contribution in [0.2, 0.25) is 0 Å². The summed E-state index contributed by atoms with van der Waals surface area (Å²) in [6.07, 6.45) is 2.27. The molecule has 0 radical (unpaired) electrons. The van der Waals surface area contributed by atoms with Gasteiger partial charge in [0, 0.05) is 13.1 Å². The number of methoxy groups -OCH3 is 1. The molecule has 27 heavy (non-hydrogen) atoms. The number of benzene rings is 1. The average molecular weight is 377 g/mol. The van der Waals surface area contributed by atoms with Crippen molar-refractivity contribution in [2.45, 2.75) is 25.8 Å². The molecule has 1 aromatic rings. The van der Waals surface area contributed by atoms with Gasteiger partial charge in [0.25, 0.3) is 11.8 Å². The predicted octanol–water partition coefficient (Wildman–Crippen LogP) is -1.57. The van der Waals surface area contributed by atoms with E-state index in [1.54, 1.807) is 7.11 Å². The Hall–Kier alpha value is -2.12. The summed E-state index contributed by atoms with van der Waals surface area (Å²) in [4.78, 5) is 29.6. The van der Waals surface area contributed by atoms with Crippen molar-refractivity contribution in [1.82, 2.24) is 4.90 Å². The zero-order valence-corrected chi connectivity index (χ0v) is 16.4. The summed E-state index contributed by atoms with van der Waals surface area (Å²) in [6, 6.07) is 7.33. The normalized spacial score (nSPS) is 23.7. The van der Waals surface area contributed by atoms with Crippen LogP contribution in [-0.4, -0.2) is 75.7 Å². The minimum atomic E-state index is -0.134. The lowest BCUT2D eigenvalue weighted by Crippen LogP contribution is -3.30. The largest absolute Gasteiger partial charge is 0.495 e. The molecule has 2 saturated heterocycles. The lowest BCUT2D eigenvalue weighted by atomic mass is 10.2. The molecule has 0 unspecified atom stereocenters. The average Bonchev–Trinajstić information content (AvgIpc) is 3.23. The molecule has 2 aliphatic heterocycles. The van der Waals surface area contributed by atoms with E-state index < -0.39 is 0 Å². The van der Waals surface area contributed by atoms with E-state index in [0.29, 0.717) is 18.0 Å². The Kier molecular flexibility index (Phi) is 6.68. The molecule has 2 amide bonds. The number of piperazine rings is 1. The van der Waals surface area contributed by atoms with Gasteiger partial charge < -0.3 is 24.8 Å². The number of hydrogen-bond acceptors (Lipinski definition) is 3. The third kappa shape index (κ3) is 4.99. The maximum Gasteiger partial charge on any atom is 0.282 e. The van der Waals surface area contributed by atoms with Gasteiger partial charge in [-0.2, -0.15) is 0 Å². The number of rotatable bonds is 6. The summed E-state index contributed by atoms with van der Waals surface area (Å²) in [5, 5.41) is 2.99. The molecule has 3 N–H and O–H groups in total. The van der Waals surface area contributed by atoms with Gasteiger partial charge in [-0.25, -0.2) is 0 Å². The lowest BCUT2D eigenvalue weighted by Gasteiger charge is -2.33. The van der Waals surface area contributed by atoms with Gasteiger partial charge in [0.15, 0.2) is 12.6 Å². The van der Waals surface area contributed by atoms with E-state index in [1.807, 2.05) is 36.1 Å². The van der Waals surface area contributed by atoms with Crippen molar-refractivity contribution in [3.63, 3.8) is 0 Å². The van der Waals surface area contributed by atoms with E-state index in [1.165, 1.54) is 9.80 Å². The number of carbonyl (C=O) groups excluding carboxylic acids is 2. The van der Waals surface area contributed by atoms with Gasteiger partial charge >= 0.3 is 0 Å². The van der Waals surface area contributed by atoms with Crippen molar-refractivity contribution in [3.05, 3.63) is 24.3 Å². The molecule has 0 bridgehead atoms. The fraction of sp³-hybridized carbons (Fsp3) is 0.600. The van der Waals surface area contributed by atoms with Crippen LogP contribution in [0.4, 0.5) is 5.69 Å². The number of para-hydroxylation sites is 2. The highest BCUT2D eigenvalue weighted by atomic mass is 16.5. The van der Waals surface area contributed by atoms with Crippen LogP contribution in [0.5, 0.6) is 5.75 Å². The molecule has 0 spiro atoms. The van der Waals surface area contributed by atoms with Crippen LogP contribution in [-0.2, 0) is 9.59 Å². The van der Waals surface area contributed by atoms with Crippen LogP contribution < -0.4 is 19.9 Å². The van der Waals surface area contributed by atoms with Crippen LogP contribution in [0.25, 0.3) is 0 Å². The van der Waals surface area contributed by atoms with E-state index in [0.717, 1.165) is 52.1 Å². The number of likely N-dealkylation sites (tertiary alicyclic amines) is 1. The molecule has 0 saturated carbocycles. The van der Waals surface area contributed by atoms with E-state index in [2.05, 4.69) is 5.32 Å². The molecule has 3 rings (SSSR count). The number of nitrogens with zero attached hydrogens (tertiary/aromatic N) is 1. The van der Waals surface area contributed by atoms with E-state index in [-0.39, 0.29) is 17.9 Å². The summed E-state index contributed by atoms with van der Waals surface area (Å²) in [5.41, 5.74) is 0.705. The SMILES string of the molecule is COc1ccccc1NC(=O)[C@@H](C)[NH+]1CC[NH+](CC(=O)N2CCCC2)CC1. The Labute approximate surface area is 161 Å².